The third kappa shape index (κ3) is 2.29. The SMILES string of the molecule is C=CCn1cc(-c2cn(C(C)C(=O)O)nn2)cn1. The number of aromatic nitrogens is 5. The molecule has 0 aliphatic heterocycles. The first-order valence-electron chi connectivity index (χ1n) is 5.40. The Morgan fingerprint density at radius 1 is 1.61 bits per heavy atom. The van der Waals surface area contributed by atoms with Gasteiger partial charge in [-0.2, -0.15) is 5.10 Å². The van der Waals surface area contributed by atoms with Crippen molar-refractivity contribution in [2.24, 2.45) is 0 Å². The normalized spacial score (nSPS) is 12.3. The number of allylic oxidation sites excluding steroid dienone is 1. The van der Waals surface area contributed by atoms with Gasteiger partial charge in [-0.3, -0.25) is 4.68 Å². The van der Waals surface area contributed by atoms with E-state index in [0.29, 0.717) is 12.2 Å². The van der Waals surface area contributed by atoms with Gasteiger partial charge >= 0.3 is 5.97 Å². The van der Waals surface area contributed by atoms with Gasteiger partial charge in [-0.05, 0) is 6.92 Å². The third-order valence-electron chi connectivity index (χ3n) is 2.51. The van der Waals surface area contributed by atoms with Crippen molar-refractivity contribution in [2.75, 3.05) is 0 Å². The molecule has 0 amide bonds. The molecule has 0 aromatic carbocycles. The zero-order chi connectivity index (χ0) is 13.1. The summed E-state index contributed by atoms with van der Waals surface area (Å²) in [5, 5.41) is 20.7. The number of carboxylic acids is 1. The topological polar surface area (TPSA) is 85.8 Å². The van der Waals surface area contributed by atoms with Gasteiger partial charge in [0, 0.05) is 11.8 Å². The molecule has 1 N–H and O–H groups in total. The predicted octanol–water partition coefficient (Wildman–Crippen LogP) is 0.973. The highest BCUT2D eigenvalue weighted by molar-refractivity contribution is 5.71. The molecule has 7 nitrogen and oxygen atoms in total. The van der Waals surface area contributed by atoms with E-state index in [1.54, 1.807) is 30.1 Å². The lowest BCUT2D eigenvalue weighted by Crippen LogP contribution is -2.15. The summed E-state index contributed by atoms with van der Waals surface area (Å²) >= 11 is 0. The van der Waals surface area contributed by atoms with Gasteiger partial charge in [0.05, 0.1) is 18.9 Å². The zero-order valence-electron chi connectivity index (χ0n) is 9.89. The van der Waals surface area contributed by atoms with Crippen LogP contribution in [0.25, 0.3) is 11.3 Å². The first kappa shape index (κ1) is 12.0. The minimum absolute atomic E-state index is 0.596. The van der Waals surface area contributed by atoms with Crippen LogP contribution in [0.3, 0.4) is 0 Å². The highest BCUT2D eigenvalue weighted by atomic mass is 16.4. The summed E-state index contributed by atoms with van der Waals surface area (Å²) < 4.78 is 3.02. The Morgan fingerprint density at radius 2 is 2.39 bits per heavy atom. The van der Waals surface area contributed by atoms with Gasteiger partial charge in [-0.25, -0.2) is 9.48 Å². The zero-order valence-corrected chi connectivity index (χ0v) is 9.89. The number of hydrogen-bond donors (Lipinski definition) is 1. The molecular weight excluding hydrogens is 234 g/mol. The maximum absolute atomic E-state index is 10.8. The molecule has 0 aliphatic carbocycles. The summed E-state index contributed by atoms with van der Waals surface area (Å²) in [6, 6.07) is -0.741. The monoisotopic (exact) mass is 247 g/mol. The fourth-order valence-corrected chi connectivity index (χ4v) is 1.44. The molecule has 2 heterocycles. The fourth-order valence-electron chi connectivity index (χ4n) is 1.44. The Balaban J connectivity index is 2.23. The molecule has 0 saturated heterocycles. The average Bonchev–Trinajstić information content (AvgIpc) is 2.96. The number of rotatable bonds is 5. The van der Waals surface area contributed by atoms with Crippen LogP contribution in [0.2, 0.25) is 0 Å². The Bertz CT molecular complexity index is 572. The number of hydrogen-bond acceptors (Lipinski definition) is 4. The molecule has 0 fully saturated rings. The summed E-state index contributed by atoms with van der Waals surface area (Å²) in [6.45, 7) is 5.78. The first-order chi connectivity index (χ1) is 8.61. The Kier molecular flexibility index (Phi) is 3.22. The van der Waals surface area contributed by atoms with Gasteiger partial charge < -0.3 is 5.11 Å². The van der Waals surface area contributed by atoms with E-state index in [-0.39, 0.29) is 0 Å². The number of aliphatic carboxylic acids is 1. The number of carboxylic acid groups (broad SMARTS) is 1. The highest BCUT2D eigenvalue weighted by Gasteiger charge is 2.16. The summed E-state index contributed by atoms with van der Waals surface area (Å²) in [5.74, 6) is -0.950. The van der Waals surface area contributed by atoms with E-state index < -0.39 is 12.0 Å². The smallest absolute Gasteiger partial charge is 0.328 e. The number of carbonyl (C=O) groups is 1. The second kappa shape index (κ2) is 4.82. The third-order valence-corrected chi connectivity index (χ3v) is 2.51. The Labute approximate surface area is 103 Å². The molecule has 0 spiro atoms. The van der Waals surface area contributed by atoms with Crippen LogP contribution in [0.15, 0.2) is 31.2 Å². The predicted molar refractivity (Wildman–Crippen MR) is 63.8 cm³/mol. The van der Waals surface area contributed by atoms with Crippen LogP contribution in [0.1, 0.15) is 13.0 Å². The van der Waals surface area contributed by atoms with Crippen molar-refractivity contribution < 1.29 is 9.90 Å². The van der Waals surface area contributed by atoms with Crippen LogP contribution in [0, 0.1) is 0 Å². The molecular formula is C11H13N5O2. The second-order valence-electron chi connectivity index (χ2n) is 3.84. The molecule has 7 heteroatoms. The number of nitrogens with zero attached hydrogens (tertiary/aromatic N) is 5. The van der Waals surface area contributed by atoms with E-state index in [0.717, 1.165) is 5.56 Å². The highest BCUT2D eigenvalue weighted by Crippen LogP contribution is 2.16. The van der Waals surface area contributed by atoms with Crippen molar-refractivity contribution in [2.45, 2.75) is 19.5 Å². The lowest BCUT2D eigenvalue weighted by molar-refractivity contribution is -0.140. The van der Waals surface area contributed by atoms with Gasteiger partial charge in [0.1, 0.15) is 11.7 Å². The summed E-state index contributed by atoms with van der Waals surface area (Å²) in [4.78, 5) is 10.8. The summed E-state index contributed by atoms with van der Waals surface area (Å²) in [6.07, 6.45) is 6.79. The van der Waals surface area contributed by atoms with Crippen LogP contribution in [0.5, 0.6) is 0 Å². The van der Waals surface area contributed by atoms with E-state index >= 15 is 0 Å². The second-order valence-corrected chi connectivity index (χ2v) is 3.84. The average molecular weight is 247 g/mol. The van der Waals surface area contributed by atoms with Gasteiger partial charge in [0.15, 0.2) is 0 Å². The van der Waals surface area contributed by atoms with Crippen molar-refractivity contribution in [3.8, 4) is 11.3 Å². The van der Waals surface area contributed by atoms with Crippen molar-refractivity contribution >= 4 is 5.97 Å². The molecule has 0 aliphatic rings. The summed E-state index contributed by atoms with van der Waals surface area (Å²) in [5.41, 5.74) is 1.39. The van der Waals surface area contributed by atoms with E-state index in [9.17, 15) is 4.79 Å². The summed E-state index contributed by atoms with van der Waals surface area (Å²) in [7, 11) is 0. The van der Waals surface area contributed by atoms with Crippen molar-refractivity contribution in [1.29, 1.82) is 0 Å². The van der Waals surface area contributed by atoms with E-state index in [4.69, 9.17) is 5.11 Å². The molecule has 2 aromatic heterocycles. The molecule has 0 saturated carbocycles. The minimum Gasteiger partial charge on any atom is -0.480 e. The van der Waals surface area contributed by atoms with Crippen molar-refractivity contribution in [1.82, 2.24) is 24.8 Å². The lowest BCUT2D eigenvalue weighted by atomic mass is 10.3. The standard InChI is InChI=1S/C11H13N5O2/c1-3-4-15-6-9(5-12-15)10-7-16(14-13-10)8(2)11(17)18/h3,5-8H,1,4H2,2H3,(H,17,18). The molecule has 0 bridgehead atoms. The molecule has 2 aromatic rings. The van der Waals surface area contributed by atoms with E-state index in [2.05, 4.69) is 22.0 Å². The van der Waals surface area contributed by atoms with Crippen LogP contribution >= 0.6 is 0 Å². The molecule has 1 unspecified atom stereocenters. The quantitative estimate of drug-likeness (QED) is 0.796. The molecule has 1 atom stereocenters. The van der Waals surface area contributed by atoms with Crippen LogP contribution in [-0.2, 0) is 11.3 Å². The van der Waals surface area contributed by atoms with Gasteiger partial charge in [-0.15, -0.1) is 11.7 Å². The first-order valence-corrected chi connectivity index (χ1v) is 5.40. The van der Waals surface area contributed by atoms with E-state index in [1.807, 2.05) is 6.20 Å². The van der Waals surface area contributed by atoms with Crippen molar-refractivity contribution in [3.63, 3.8) is 0 Å². The largest absolute Gasteiger partial charge is 0.480 e. The molecule has 18 heavy (non-hydrogen) atoms. The van der Waals surface area contributed by atoms with E-state index in [1.165, 1.54) is 4.68 Å². The van der Waals surface area contributed by atoms with Gasteiger partial charge in [0.2, 0.25) is 0 Å². The molecule has 2 rings (SSSR count). The fraction of sp³-hybridized carbons (Fsp3) is 0.273. The molecule has 94 valence electrons. The Hall–Kier alpha value is -2.44. The Morgan fingerprint density at radius 3 is 3.06 bits per heavy atom. The van der Waals surface area contributed by atoms with Crippen molar-refractivity contribution in [3.05, 3.63) is 31.2 Å². The minimum atomic E-state index is -0.950. The van der Waals surface area contributed by atoms with Gasteiger partial charge in [0.25, 0.3) is 0 Å². The maximum Gasteiger partial charge on any atom is 0.328 e. The maximum atomic E-state index is 10.8. The van der Waals surface area contributed by atoms with Crippen LogP contribution in [-0.4, -0.2) is 35.9 Å². The van der Waals surface area contributed by atoms with Gasteiger partial charge in [-0.1, -0.05) is 11.3 Å². The molecule has 0 radical (unpaired) electrons. The lowest BCUT2D eigenvalue weighted by Gasteiger charge is -2.03. The van der Waals surface area contributed by atoms with Crippen LogP contribution in [0.4, 0.5) is 0 Å². The van der Waals surface area contributed by atoms with Crippen LogP contribution < -0.4 is 0 Å².